The summed E-state index contributed by atoms with van der Waals surface area (Å²) in [5.41, 5.74) is 11.6. The molecular weight excluding hydrogens is 307 g/mol. The molecule has 0 saturated carbocycles. The van der Waals surface area contributed by atoms with E-state index < -0.39 is 9.84 Å². The van der Waals surface area contributed by atoms with Crippen LogP contribution in [-0.4, -0.2) is 8.42 Å². The van der Waals surface area contributed by atoms with E-state index in [-0.39, 0.29) is 31.2 Å². The molecule has 0 fully saturated rings. The molecule has 0 amide bonds. The van der Waals surface area contributed by atoms with Gasteiger partial charge in [-0.05, 0) is 30.3 Å². The Bertz CT molecular complexity index is 705. The maximum Gasteiger partial charge on any atom is 0.210 e. The van der Waals surface area contributed by atoms with Crippen LogP contribution in [0.3, 0.4) is 0 Å². The Balaban J connectivity index is 2.73. The third-order valence-electron chi connectivity index (χ3n) is 2.49. The van der Waals surface area contributed by atoms with Crippen molar-refractivity contribution in [1.82, 2.24) is 0 Å². The van der Waals surface area contributed by atoms with E-state index in [1.165, 1.54) is 30.3 Å². The quantitative estimate of drug-likeness (QED) is 0.834. The zero-order valence-electron chi connectivity index (χ0n) is 9.60. The van der Waals surface area contributed by atoms with Crippen molar-refractivity contribution >= 4 is 44.4 Å². The minimum absolute atomic E-state index is 0.0467. The number of nitrogens with two attached hydrogens (primary N) is 2. The zero-order valence-corrected chi connectivity index (χ0v) is 11.9. The summed E-state index contributed by atoms with van der Waals surface area (Å²) in [5, 5.41) is 0.443. The highest BCUT2D eigenvalue weighted by Gasteiger charge is 2.24. The lowest BCUT2D eigenvalue weighted by Crippen LogP contribution is -2.09. The van der Waals surface area contributed by atoms with Crippen LogP contribution >= 0.6 is 23.2 Å². The SMILES string of the molecule is Nc1cccc(N)c1S(=O)(=O)c1cc(Cl)cc(Cl)c1. The smallest absolute Gasteiger partial charge is 0.210 e. The Morgan fingerprint density at radius 3 is 1.84 bits per heavy atom. The van der Waals surface area contributed by atoms with Gasteiger partial charge >= 0.3 is 0 Å². The molecule has 0 saturated heterocycles. The van der Waals surface area contributed by atoms with Crippen LogP contribution in [0.2, 0.25) is 10.0 Å². The number of halogens is 2. The molecule has 0 aliphatic carbocycles. The van der Waals surface area contributed by atoms with E-state index in [1.807, 2.05) is 0 Å². The fraction of sp³-hybridized carbons (Fsp3) is 0. The molecule has 0 radical (unpaired) electrons. The van der Waals surface area contributed by atoms with Gasteiger partial charge < -0.3 is 11.5 Å². The van der Waals surface area contributed by atoms with Crippen LogP contribution in [0.1, 0.15) is 0 Å². The molecule has 0 aliphatic rings. The summed E-state index contributed by atoms with van der Waals surface area (Å²) in [5.74, 6) is 0. The Kier molecular flexibility index (Phi) is 3.62. The molecule has 2 aromatic carbocycles. The van der Waals surface area contributed by atoms with Gasteiger partial charge in [0.05, 0.1) is 16.3 Å². The normalized spacial score (nSPS) is 11.5. The average Bonchev–Trinajstić information content (AvgIpc) is 2.26. The second kappa shape index (κ2) is 4.92. The molecule has 0 heterocycles. The van der Waals surface area contributed by atoms with Gasteiger partial charge in [-0.2, -0.15) is 0 Å². The number of sulfone groups is 1. The monoisotopic (exact) mass is 316 g/mol. The lowest BCUT2D eigenvalue weighted by molar-refractivity contribution is 0.597. The van der Waals surface area contributed by atoms with Crippen molar-refractivity contribution in [1.29, 1.82) is 0 Å². The molecule has 0 unspecified atom stereocenters. The van der Waals surface area contributed by atoms with Gasteiger partial charge in [-0.3, -0.25) is 0 Å². The van der Waals surface area contributed by atoms with Crippen molar-refractivity contribution in [3.8, 4) is 0 Å². The van der Waals surface area contributed by atoms with Gasteiger partial charge in [-0.25, -0.2) is 8.42 Å². The third-order valence-corrected chi connectivity index (χ3v) is 4.79. The summed E-state index contributed by atoms with van der Waals surface area (Å²) in [4.78, 5) is -0.178. The van der Waals surface area contributed by atoms with Gasteiger partial charge in [0.1, 0.15) is 4.90 Å². The molecule has 7 heteroatoms. The van der Waals surface area contributed by atoms with Crippen molar-refractivity contribution < 1.29 is 8.42 Å². The summed E-state index contributed by atoms with van der Waals surface area (Å²) >= 11 is 11.6. The highest BCUT2D eigenvalue weighted by molar-refractivity contribution is 7.91. The minimum Gasteiger partial charge on any atom is -0.398 e. The molecule has 100 valence electrons. The molecule has 19 heavy (non-hydrogen) atoms. The number of rotatable bonds is 2. The van der Waals surface area contributed by atoms with Crippen LogP contribution < -0.4 is 11.5 Å². The Labute approximate surface area is 120 Å². The Morgan fingerprint density at radius 2 is 1.37 bits per heavy atom. The lowest BCUT2D eigenvalue weighted by Gasteiger charge is -2.10. The predicted molar refractivity (Wildman–Crippen MR) is 77.2 cm³/mol. The van der Waals surface area contributed by atoms with Gasteiger partial charge in [0.15, 0.2) is 0 Å². The van der Waals surface area contributed by atoms with E-state index in [4.69, 9.17) is 34.7 Å². The topological polar surface area (TPSA) is 86.2 Å². The van der Waals surface area contributed by atoms with E-state index in [0.717, 1.165) is 0 Å². The van der Waals surface area contributed by atoms with Crippen LogP contribution in [-0.2, 0) is 9.84 Å². The van der Waals surface area contributed by atoms with E-state index in [1.54, 1.807) is 6.07 Å². The summed E-state index contributed by atoms with van der Waals surface area (Å²) in [6.45, 7) is 0. The second-order valence-corrected chi connectivity index (χ2v) is 6.63. The van der Waals surface area contributed by atoms with Crippen LogP contribution in [0.15, 0.2) is 46.2 Å². The molecule has 0 spiro atoms. The summed E-state index contributed by atoms with van der Waals surface area (Å²) in [6.07, 6.45) is 0. The van der Waals surface area contributed by atoms with Crippen molar-refractivity contribution in [2.75, 3.05) is 11.5 Å². The van der Waals surface area contributed by atoms with E-state index in [0.29, 0.717) is 0 Å². The van der Waals surface area contributed by atoms with Crippen molar-refractivity contribution in [3.05, 3.63) is 46.4 Å². The van der Waals surface area contributed by atoms with Crippen LogP contribution in [0.4, 0.5) is 11.4 Å². The van der Waals surface area contributed by atoms with Crippen molar-refractivity contribution in [2.24, 2.45) is 0 Å². The molecule has 0 bridgehead atoms. The Hall–Kier alpha value is -1.43. The van der Waals surface area contributed by atoms with E-state index in [9.17, 15) is 8.42 Å². The molecule has 2 aromatic rings. The average molecular weight is 317 g/mol. The molecule has 4 N–H and O–H groups in total. The fourth-order valence-corrected chi connectivity index (χ4v) is 3.90. The van der Waals surface area contributed by atoms with Gasteiger partial charge in [-0.1, -0.05) is 29.3 Å². The maximum atomic E-state index is 12.5. The lowest BCUT2D eigenvalue weighted by atomic mass is 10.3. The number of nitrogen functional groups attached to an aromatic ring is 2. The first-order chi connectivity index (χ1) is 8.82. The number of benzene rings is 2. The highest BCUT2D eigenvalue weighted by atomic mass is 35.5. The van der Waals surface area contributed by atoms with E-state index in [2.05, 4.69) is 0 Å². The molecule has 0 atom stereocenters. The zero-order chi connectivity index (χ0) is 14.2. The van der Waals surface area contributed by atoms with Crippen molar-refractivity contribution in [3.63, 3.8) is 0 Å². The first-order valence-electron chi connectivity index (χ1n) is 5.17. The maximum absolute atomic E-state index is 12.5. The fourth-order valence-electron chi connectivity index (χ4n) is 1.69. The Morgan fingerprint density at radius 1 is 0.895 bits per heavy atom. The molecule has 0 aliphatic heterocycles. The van der Waals surface area contributed by atoms with Crippen LogP contribution in [0.5, 0.6) is 0 Å². The minimum atomic E-state index is -3.86. The van der Waals surface area contributed by atoms with Gasteiger partial charge in [-0.15, -0.1) is 0 Å². The summed E-state index contributed by atoms with van der Waals surface area (Å²) < 4.78 is 25.0. The molecule has 0 aromatic heterocycles. The van der Waals surface area contributed by atoms with Gasteiger partial charge in [0.2, 0.25) is 9.84 Å². The summed E-state index contributed by atoms with van der Waals surface area (Å²) in [6, 6.07) is 8.56. The third kappa shape index (κ3) is 2.63. The van der Waals surface area contributed by atoms with Crippen molar-refractivity contribution in [2.45, 2.75) is 9.79 Å². The molecule has 4 nitrogen and oxygen atoms in total. The van der Waals surface area contributed by atoms with Gasteiger partial charge in [0.25, 0.3) is 0 Å². The number of hydrogen-bond acceptors (Lipinski definition) is 4. The van der Waals surface area contributed by atoms with Crippen LogP contribution in [0, 0.1) is 0 Å². The largest absolute Gasteiger partial charge is 0.398 e. The summed E-state index contributed by atoms with van der Waals surface area (Å²) in [7, 11) is -3.86. The standard InChI is InChI=1S/C12H10Cl2N2O2S/c13-7-4-8(14)6-9(5-7)19(17,18)12-10(15)2-1-3-11(12)16/h1-6H,15-16H2. The van der Waals surface area contributed by atoms with Crippen LogP contribution in [0.25, 0.3) is 0 Å². The first kappa shape index (κ1) is 14.0. The highest BCUT2D eigenvalue weighted by Crippen LogP contribution is 2.33. The first-order valence-corrected chi connectivity index (χ1v) is 7.41. The number of hydrogen-bond donors (Lipinski definition) is 2. The van der Waals surface area contributed by atoms with E-state index >= 15 is 0 Å². The predicted octanol–water partition coefficient (Wildman–Crippen LogP) is 2.99. The molecule has 2 rings (SSSR count). The molecular formula is C12H10Cl2N2O2S. The van der Waals surface area contributed by atoms with Gasteiger partial charge in [0, 0.05) is 10.0 Å². The second-order valence-electron chi connectivity index (χ2n) is 3.87. The number of anilines is 2.